The van der Waals surface area contributed by atoms with Gasteiger partial charge in [0.1, 0.15) is 0 Å². The Labute approximate surface area is 116 Å². The van der Waals surface area contributed by atoms with Crippen LogP contribution in [-0.4, -0.2) is 0 Å². The van der Waals surface area contributed by atoms with Crippen molar-refractivity contribution in [2.24, 2.45) is 0 Å². The van der Waals surface area contributed by atoms with Crippen molar-refractivity contribution in [1.29, 1.82) is 0 Å². The van der Waals surface area contributed by atoms with Gasteiger partial charge in [-0.25, -0.2) is 0 Å². The molecule has 1 heteroatoms. The predicted octanol–water partition coefficient (Wildman–Crippen LogP) is 4.79. The van der Waals surface area contributed by atoms with Gasteiger partial charge in [0, 0.05) is 12.2 Å². The largest absolute Gasteiger partial charge is 0.381 e. The van der Waals surface area contributed by atoms with E-state index >= 15 is 0 Å². The van der Waals surface area contributed by atoms with Crippen LogP contribution in [0.15, 0.2) is 36.4 Å². The Bertz CT molecular complexity index is 570. The minimum atomic E-state index is 0.894. The molecule has 0 aliphatic rings. The Morgan fingerprint density at radius 3 is 2.42 bits per heavy atom. The molecule has 0 aliphatic carbocycles. The Morgan fingerprint density at radius 2 is 1.68 bits per heavy atom. The molecular formula is C18H23N. The summed E-state index contributed by atoms with van der Waals surface area (Å²) in [6.07, 6.45) is 1.07. The minimum Gasteiger partial charge on any atom is -0.381 e. The Morgan fingerprint density at radius 1 is 0.895 bits per heavy atom. The fourth-order valence-electron chi connectivity index (χ4n) is 2.45. The third kappa shape index (κ3) is 3.17. The van der Waals surface area contributed by atoms with Gasteiger partial charge in [-0.1, -0.05) is 48.9 Å². The summed E-state index contributed by atoms with van der Waals surface area (Å²) in [5, 5.41) is 3.62. The highest BCUT2D eigenvalue weighted by Crippen LogP contribution is 2.22. The zero-order valence-electron chi connectivity index (χ0n) is 12.4. The average molecular weight is 253 g/mol. The van der Waals surface area contributed by atoms with Crippen molar-refractivity contribution in [1.82, 2.24) is 0 Å². The van der Waals surface area contributed by atoms with Crippen LogP contribution in [0, 0.1) is 20.8 Å². The van der Waals surface area contributed by atoms with Crippen LogP contribution in [0.5, 0.6) is 0 Å². The molecule has 0 heterocycles. The first-order chi connectivity index (χ1) is 9.11. The average Bonchev–Trinajstić information content (AvgIpc) is 2.40. The van der Waals surface area contributed by atoms with Crippen molar-refractivity contribution >= 4 is 5.69 Å². The van der Waals surface area contributed by atoms with E-state index in [1.165, 1.54) is 33.5 Å². The van der Waals surface area contributed by atoms with Crippen molar-refractivity contribution in [3.8, 4) is 0 Å². The second-order valence-electron chi connectivity index (χ2n) is 5.25. The van der Waals surface area contributed by atoms with E-state index in [0.717, 1.165) is 13.0 Å². The Hall–Kier alpha value is -1.76. The second kappa shape index (κ2) is 5.92. The Balaban J connectivity index is 2.21. The zero-order chi connectivity index (χ0) is 13.8. The molecule has 2 rings (SSSR count). The van der Waals surface area contributed by atoms with Crippen LogP contribution in [0.4, 0.5) is 5.69 Å². The van der Waals surface area contributed by atoms with E-state index in [4.69, 9.17) is 0 Å². The lowest BCUT2D eigenvalue weighted by Gasteiger charge is -2.15. The minimum absolute atomic E-state index is 0.894. The molecule has 0 unspecified atom stereocenters. The van der Waals surface area contributed by atoms with Gasteiger partial charge < -0.3 is 5.32 Å². The van der Waals surface area contributed by atoms with E-state index in [0.29, 0.717) is 0 Å². The van der Waals surface area contributed by atoms with Crippen molar-refractivity contribution in [2.75, 3.05) is 5.32 Å². The summed E-state index contributed by atoms with van der Waals surface area (Å²) in [6, 6.07) is 13.2. The second-order valence-corrected chi connectivity index (χ2v) is 5.25. The molecule has 0 spiro atoms. The van der Waals surface area contributed by atoms with Crippen LogP contribution in [0.1, 0.15) is 34.7 Å². The van der Waals surface area contributed by atoms with Gasteiger partial charge in [-0.05, 0) is 49.4 Å². The van der Waals surface area contributed by atoms with Gasteiger partial charge in [0.25, 0.3) is 0 Å². The highest BCUT2D eigenvalue weighted by atomic mass is 14.9. The first-order valence-corrected chi connectivity index (χ1v) is 7.00. The monoisotopic (exact) mass is 253 g/mol. The number of hydrogen-bond acceptors (Lipinski definition) is 1. The highest BCUT2D eigenvalue weighted by Gasteiger charge is 2.05. The summed E-state index contributed by atoms with van der Waals surface area (Å²) in [6.45, 7) is 9.59. The van der Waals surface area contributed by atoms with Crippen molar-refractivity contribution in [3.63, 3.8) is 0 Å². The third-order valence-electron chi connectivity index (χ3n) is 3.70. The van der Waals surface area contributed by atoms with Crippen LogP contribution in [0.2, 0.25) is 0 Å². The van der Waals surface area contributed by atoms with Gasteiger partial charge in [0.05, 0.1) is 0 Å². The predicted molar refractivity (Wildman–Crippen MR) is 83.8 cm³/mol. The molecule has 19 heavy (non-hydrogen) atoms. The summed E-state index contributed by atoms with van der Waals surface area (Å²) in [4.78, 5) is 0. The summed E-state index contributed by atoms with van der Waals surface area (Å²) in [5.74, 6) is 0. The maximum Gasteiger partial charge on any atom is 0.0404 e. The van der Waals surface area contributed by atoms with Crippen molar-refractivity contribution in [2.45, 2.75) is 40.7 Å². The van der Waals surface area contributed by atoms with E-state index in [1.54, 1.807) is 0 Å². The molecule has 0 bridgehead atoms. The van der Waals surface area contributed by atoms with Gasteiger partial charge in [-0.3, -0.25) is 0 Å². The molecule has 2 aromatic carbocycles. The number of para-hydroxylation sites is 1. The maximum absolute atomic E-state index is 3.62. The maximum atomic E-state index is 3.62. The van der Waals surface area contributed by atoms with Gasteiger partial charge in [0.2, 0.25) is 0 Å². The molecule has 0 aliphatic heterocycles. The summed E-state index contributed by atoms with van der Waals surface area (Å²) in [7, 11) is 0. The van der Waals surface area contributed by atoms with Crippen LogP contribution >= 0.6 is 0 Å². The molecular weight excluding hydrogens is 230 g/mol. The number of benzene rings is 2. The molecule has 0 atom stereocenters. The molecule has 0 fully saturated rings. The summed E-state index contributed by atoms with van der Waals surface area (Å²) >= 11 is 0. The fraction of sp³-hybridized carbons (Fsp3) is 0.333. The highest BCUT2D eigenvalue weighted by molar-refractivity contribution is 5.57. The van der Waals surface area contributed by atoms with E-state index in [-0.39, 0.29) is 0 Å². The lowest BCUT2D eigenvalue weighted by atomic mass is 10.0. The van der Waals surface area contributed by atoms with Crippen LogP contribution in [0.3, 0.4) is 0 Å². The smallest absolute Gasteiger partial charge is 0.0404 e. The topological polar surface area (TPSA) is 12.0 Å². The Kier molecular flexibility index (Phi) is 4.26. The molecule has 0 aromatic heterocycles. The van der Waals surface area contributed by atoms with Crippen LogP contribution in [0.25, 0.3) is 0 Å². The van der Waals surface area contributed by atoms with Crippen molar-refractivity contribution in [3.05, 3.63) is 64.2 Å². The number of nitrogens with one attached hydrogen (secondary N) is 1. The lowest BCUT2D eigenvalue weighted by molar-refractivity contribution is 1.07. The fourth-order valence-corrected chi connectivity index (χ4v) is 2.45. The van der Waals surface area contributed by atoms with Crippen LogP contribution < -0.4 is 5.32 Å². The van der Waals surface area contributed by atoms with Crippen LogP contribution in [-0.2, 0) is 13.0 Å². The third-order valence-corrected chi connectivity index (χ3v) is 3.70. The van der Waals surface area contributed by atoms with Gasteiger partial charge in [-0.2, -0.15) is 0 Å². The van der Waals surface area contributed by atoms with E-state index < -0.39 is 0 Å². The van der Waals surface area contributed by atoms with Gasteiger partial charge >= 0.3 is 0 Å². The van der Waals surface area contributed by atoms with Gasteiger partial charge in [0.15, 0.2) is 0 Å². The molecule has 100 valence electrons. The number of anilines is 1. The summed E-state index contributed by atoms with van der Waals surface area (Å²) in [5.41, 5.74) is 8.07. The summed E-state index contributed by atoms with van der Waals surface area (Å²) < 4.78 is 0. The first kappa shape index (κ1) is 13.7. The molecule has 1 nitrogen and oxygen atoms in total. The normalized spacial score (nSPS) is 10.5. The molecule has 0 saturated heterocycles. The molecule has 1 N–H and O–H groups in total. The SMILES string of the molecule is CCc1cccc(C)c1NCc1cc(C)ccc1C. The standard InChI is InChI=1S/C18H23N/c1-5-16-8-6-7-15(4)18(16)19-12-17-11-13(2)9-10-14(17)3/h6-11,19H,5,12H2,1-4H3. The number of aryl methyl sites for hydroxylation is 4. The van der Waals surface area contributed by atoms with Gasteiger partial charge in [-0.15, -0.1) is 0 Å². The first-order valence-electron chi connectivity index (χ1n) is 7.00. The van der Waals surface area contributed by atoms with E-state index in [2.05, 4.69) is 69.4 Å². The van der Waals surface area contributed by atoms with Crippen molar-refractivity contribution < 1.29 is 0 Å². The number of hydrogen-bond donors (Lipinski definition) is 1. The molecule has 2 aromatic rings. The molecule has 0 radical (unpaired) electrons. The van der Waals surface area contributed by atoms with E-state index in [1.807, 2.05) is 0 Å². The number of rotatable bonds is 4. The quantitative estimate of drug-likeness (QED) is 0.826. The van der Waals surface area contributed by atoms with E-state index in [9.17, 15) is 0 Å². The molecule has 0 amide bonds. The lowest BCUT2D eigenvalue weighted by Crippen LogP contribution is -2.05. The zero-order valence-corrected chi connectivity index (χ0v) is 12.4. The molecule has 0 saturated carbocycles.